The molecule has 0 spiro atoms. The van der Waals surface area contributed by atoms with Crippen molar-refractivity contribution in [2.45, 2.75) is 60.0 Å². The van der Waals surface area contributed by atoms with Gasteiger partial charge in [-0.2, -0.15) is 0 Å². The average molecular weight is 445 g/mol. The van der Waals surface area contributed by atoms with Crippen molar-refractivity contribution in [1.82, 2.24) is 14.5 Å². The summed E-state index contributed by atoms with van der Waals surface area (Å²) in [6.07, 6.45) is 0.919. The normalized spacial score (nSPS) is 15.7. The fourth-order valence-corrected chi connectivity index (χ4v) is 5.56. The van der Waals surface area contributed by atoms with Crippen molar-refractivity contribution in [2.24, 2.45) is 0 Å². The highest BCUT2D eigenvalue weighted by molar-refractivity contribution is 6.10. The molecule has 4 aromatic rings. The first-order valence-electron chi connectivity index (χ1n) is 12.4. The number of hydrogen-bond acceptors (Lipinski definition) is 3. The molecular formula is C28H36N4O. The molecule has 1 aliphatic heterocycles. The number of rotatable bonds is 4. The summed E-state index contributed by atoms with van der Waals surface area (Å²) in [7, 11) is 0. The lowest BCUT2D eigenvalue weighted by Gasteiger charge is -2.39. The number of piperazine rings is 1. The Balaban J connectivity index is 1.77. The summed E-state index contributed by atoms with van der Waals surface area (Å²) in [6.45, 7) is 17.5. The molecule has 5 nitrogen and oxygen atoms in total. The molecule has 5 heteroatoms. The van der Waals surface area contributed by atoms with Gasteiger partial charge in [0, 0.05) is 60.2 Å². The molecule has 0 aliphatic carbocycles. The molecule has 0 bridgehead atoms. The lowest BCUT2D eigenvalue weighted by molar-refractivity contribution is 0.209. The van der Waals surface area contributed by atoms with Gasteiger partial charge in [0.05, 0.1) is 10.9 Å². The first-order chi connectivity index (χ1) is 15.8. The summed E-state index contributed by atoms with van der Waals surface area (Å²) < 4.78 is 2.33. The van der Waals surface area contributed by atoms with Crippen LogP contribution in [0.1, 0.15) is 51.8 Å². The molecule has 1 aliphatic rings. The Hall–Kier alpha value is -2.79. The maximum atomic E-state index is 13.8. The molecule has 174 valence electrons. The Bertz CT molecular complexity index is 1400. The zero-order chi connectivity index (χ0) is 23.4. The molecule has 1 N–H and O–H groups in total. The Morgan fingerprint density at radius 3 is 2.30 bits per heavy atom. The molecule has 2 aromatic carbocycles. The topological polar surface area (TPSA) is 44.3 Å². The maximum Gasteiger partial charge on any atom is 0.199 e. The van der Waals surface area contributed by atoms with E-state index in [0.29, 0.717) is 6.04 Å². The third kappa shape index (κ3) is 3.54. The summed E-state index contributed by atoms with van der Waals surface area (Å²) in [5.41, 5.74) is 6.88. The fourth-order valence-electron chi connectivity index (χ4n) is 5.56. The van der Waals surface area contributed by atoms with Crippen LogP contribution in [0.2, 0.25) is 0 Å². The predicted octanol–water partition coefficient (Wildman–Crippen LogP) is 5.62. The first-order valence-corrected chi connectivity index (χ1v) is 12.4. The van der Waals surface area contributed by atoms with Gasteiger partial charge in [-0.05, 0) is 70.4 Å². The lowest BCUT2D eigenvalue weighted by atomic mass is 10.0. The van der Waals surface area contributed by atoms with Crippen LogP contribution in [0.4, 0.5) is 5.69 Å². The highest BCUT2D eigenvalue weighted by Crippen LogP contribution is 2.33. The predicted molar refractivity (Wildman–Crippen MR) is 141 cm³/mol. The Morgan fingerprint density at radius 2 is 1.67 bits per heavy atom. The maximum absolute atomic E-state index is 13.8. The van der Waals surface area contributed by atoms with E-state index in [-0.39, 0.29) is 11.5 Å². The smallest absolute Gasteiger partial charge is 0.199 e. The largest absolute Gasteiger partial charge is 0.369 e. The SMILES string of the molecule is CCc1cc2c(=O)c3c4ccc(C)cc4[nH]c3n(C(C)C)c2cc1N1CCN(C(C)C)CC1. The minimum Gasteiger partial charge on any atom is -0.369 e. The number of benzene rings is 2. The summed E-state index contributed by atoms with van der Waals surface area (Å²) in [6, 6.07) is 11.6. The quantitative estimate of drug-likeness (QED) is 0.444. The van der Waals surface area contributed by atoms with E-state index in [4.69, 9.17) is 0 Å². The van der Waals surface area contributed by atoms with Gasteiger partial charge in [-0.1, -0.05) is 19.1 Å². The summed E-state index contributed by atoms with van der Waals surface area (Å²) in [4.78, 5) is 22.5. The third-order valence-electron chi connectivity index (χ3n) is 7.39. The number of pyridine rings is 1. The van der Waals surface area contributed by atoms with Crippen LogP contribution in [0.25, 0.3) is 32.8 Å². The lowest BCUT2D eigenvalue weighted by Crippen LogP contribution is -2.49. The number of nitrogens with zero attached hydrogens (tertiary/aromatic N) is 3. The second kappa shape index (κ2) is 8.21. The number of fused-ring (bicyclic) bond motifs is 4. The molecule has 33 heavy (non-hydrogen) atoms. The molecule has 5 rings (SSSR count). The number of H-pyrrole nitrogens is 1. The average Bonchev–Trinajstić information content (AvgIpc) is 3.16. The van der Waals surface area contributed by atoms with Crippen LogP contribution >= 0.6 is 0 Å². The van der Waals surface area contributed by atoms with E-state index in [0.717, 1.165) is 65.4 Å². The number of nitrogens with one attached hydrogen (secondary N) is 1. The molecule has 0 radical (unpaired) electrons. The monoisotopic (exact) mass is 444 g/mol. The minimum atomic E-state index is 0.137. The number of aryl methyl sites for hydroxylation is 2. The van der Waals surface area contributed by atoms with E-state index < -0.39 is 0 Å². The number of aromatic amines is 1. The van der Waals surface area contributed by atoms with Gasteiger partial charge in [-0.25, -0.2) is 0 Å². The molecular weight excluding hydrogens is 408 g/mol. The summed E-state index contributed by atoms with van der Waals surface area (Å²) in [5, 5.41) is 2.66. The van der Waals surface area contributed by atoms with Crippen molar-refractivity contribution in [3.05, 3.63) is 51.7 Å². The molecule has 2 aromatic heterocycles. The zero-order valence-corrected chi connectivity index (χ0v) is 20.8. The van der Waals surface area contributed by atoms with E-state index >= 15 is 0 Å². The minimum absolute atomic E-state index is 0.137. The molecule has 0 amide bonds. The van der Waals surface area contributed by atoms with Gasteiger partial charge in [0.2, 0.25) is 0 Å². The van der Waals surface area contributed by atoms with Gasteiger partial charge < -0.3 is 14.5 Å². The Morgan fingerprint density at radius 1 is 0.939 bits per heavy atom. The van der Waals surface area contributed by atoms with Crippen molar-refractivity contribution < 1.29 is 0 Å². The Kier molecular flexibility index (Phi) is 5.48. The molecule has 1 fully saturated rings. The van der Waals surface area contributed by atoms with Crippen molar-refractivity contribution >= 4 is 38.5 Å². The highest BCUT2D eigenvalue weighted by Gasteiger charge is 2.23. The molecule has 1 saturated heterocycles. The first kappa shape index (κ1) is 22.0. The third-order valence-corrected chi connectivity index (χ3v) is 7.39. The van der Waals surface area contributed by atoms with Crippen molar-refractivity contribution in [2.75, 3.05) is 31.1 Å². The standard InChI is InChI=1S/C28H36N4O/c1-7-20-15-22-25(16-24(20)31-12-10-30(11-13-31)17(2)3)32(18(4)5)28-26(27(22)33)21-9-8-19(6)14-23(21)29-28/h8-9,14-18,29H,7,10-13H2,1-6H3. The number of anilines is 1. The van der Waals surface area contributed by atoms with Gasteiger partial charge in [-0.15, -0.1) is 0 Å². The van der Waals surface area contributed by atoms with Crippen LogP contribution in [0.5, 0.6) is 0 Å². The van der Waals surface area contributed by atoms with Crippen LogP contribution < -0.4 is 10.3 Å². The second-order valence-corrected chi connectivity index (χ2v) is 10.2. The van der Waals surface area contributed by atoms with Crippen molar-refractivity contribution in [1.29, 1.82) is 0 Å². The van der Waals surface area contributed by atoms with Gasteiger partial charge in [0.1, 0.15) is 5.65 Å². The van der Waals surface area contributed by atoms with E-state index in [1.54, 1.807) is 0 Å². The summed E-state index contributed by atoms with van der Waals surface area (Å²) >= 11 is 0. The number of aromatic nitrogens is 2. The van der Waals surface area contributed by atoms with E-state index in [2.05, 4.69) is 91.2 Å². The molecule has 3 heterocycles. The van der Waals surface area contributed by atoms with E-state index in [1.807, 2.05) is 0 Å². The van der Waals surface area contributed by atoms with Crippen LogP contribution in [-0.4, -0.2) is 46.7 Å². The highest BCUT2D eigenvalue weighted by atomic mass is 16.1. The van der Waals surface area contributed by atoms with Crippen LogP contribution in [-0.2, 0) is 6.42 Å². The van der Waals surface area contributed by atoms with E-state index in [1.165, 1.54) is 16.8 Å². The van der Waals surface area contributed by atoms with E-state index in [9.17, 15) is 4.79 Å². The van der Waals surface area contributed by atoms with Crippen molar-refractivity contribution in [3.63, 3.8) is 0 Å². The fraction of sp³-hybridized carbons (Fsp3) is 0.464. The zero-order valence-electron chi connectivity index (χ0n) is 20.8. The second-order valence-electron chi connectivity index (χ2n) is 10.2. The van der Waals surface area contributed by atoms with Gasteiger partial charge in [0.25, 0.3) is 0 Å². The van der Waals surface area contributed by atoms with Crippen LogP contribution in [0, 0.1) is 6.92 Å². The summed E-state index contributed by atoms with van der Waals surface area (Å²) in [5.74, 6) is 0. The Labute approximate surface area is 196 Å². The molecule has 0 saturated carbocycles. The van der Waals surface area contributed by atoms with Gasteiger partial charge in [0.15, 0.2) is 5.43 Å². The number of hydrogen-bond donors (Lipinski definition) is 1. The van der Waals surface area contributed by atoms with Crippen LogP contribution in [0.3, 0.4) is 0 Å². The van der Waals surface area contributed by atoms with Crippen molar-refractivity contribution in [3.8, 4) is 0 Å². The van der Waals surface area contributed by atoms with Crippen LogP contribution in [0.15, 0.2) is 35.1 Å². The van der Waals surface area contributed by atoms with Gasteiger partial charge >= 0.3 is 0 Å². The van der Waals surface area contributed by atoms with Gasteiger partial charge in [-0.3, -0.25) is 9.69 Å². The molecule has 0 atom stereocenters. The molecule has 0 unspecified atom stereocenters.